The van der Waals surface area contributed by atoms with Crippen LogP contribution in [0.4, 0.5) is 0 Å². The van der Waals surface area contributed by atoms with Crippen LogP contribution in [0.5, 0.6) is 0 Å². The average Bonchev–Trinajstić information content (AvgIpc) is 2.27. The normalized spacial score (nSPS) is 22.8. The Hall–Kier alpha value is -0.570. The minimum absolute atomic E-state index is 0.211. The number of nitrogens with one attached hydrogen (secondary N) is 2. The third-order valence-corrected chi connectivity index (χ3v) is 3.24. The van der Waals surface area contributed by atoms with Crippen LogP contribution in [-0.4, -0.2) is 24.5 Å². The molecule has 1 rings (SSSR count). The molecule has 1 saturated heterocycles. The Morgan fingerprint density at radius 1 is 1.50 bits per heavy atom. The summed E-state index contributed by atoms with van der Waals surface area (Å²) in [5.74, 6) is 0.211. The van der Waals surface area contributed by atoms with Crippen molar-refractivity contribution in [2.45, 2.75) is 70.9 Å². The molecule has 1 amide bonds. The van der Waals surface area contributed by atoms with Gasteiger partial charge in [-0.15, -0.1) is 0 Å². The van der Waals surface area contributed by atoms with E-state index >= 15 is 0 Å². The summed E-state index contributed by atoms with van der Waals surface area (Å²) in [5, 5.41) is 6.49. The number of carbonyl (C=O) groups excluding carboxylic acids is 1. The standard InChI is InChI=1S/C13H26N2O/c1-3-4-7-11(2)15-13(16)10-12-8-5-6-9-14-12/h11-12,14H,3-10H2,1-2H3,(H,15,16). The van der Waals surface area contributed by atoms with Gasteiger partial charge in [-0.25, -0.2) is 0 Å². The zero-order chi connectivity index (χ0) is 11.8. The minimum atomic E-state index is 0.211. The molecule has 0 spiro atoms. The molecule has 1 aliphatic rings. The van der Waals surface area contributed by atoms with Crippen molar-refractivity contribution in [2.24, 2.45) is 0 Å². The van der Waals surface area contributed by atoms with Gasteiger partial charge in [0.2, 0.25) is 5.91 Å². The van der Waals surface area contributed by atoms with Gasteiger partial charge in [-0.2, -0.15) is 0 Å². The molecule has 16 heavy (non-hydrogen) atoms. The van der Waals surface area contributed by atoms with E-state index in [0.717, 1.165) is 19.4 Å². The number of hydrogen-bond donors (Lipinski definition) is 2. The molecule has 0 aliphatic carbocycles. The van der Waals surface area contributed by atoms with Crippen LogP contribution in [0, 0.1) is 0 Å². The molecule has 0 aromatic rings. The van der Waals surface area contributed by atoms with E-state index in [4.69, 9.17) is 0 Å². The zero-order valence-corrected chi connectivity index (χ0v) is 10.7. The van der Waals surface area contributed by atoms with Crippen molar-refractivity contribution in [1.82, 2.24) is 10.6 Å². The lowest BCUT2D eigenvalue weighted by molar-refractivity contribution is -0.122. The van der Waals surface area contributed by atoms with Gasteiger partial charge in [0, 0.05) is 18.5 Å². The number of unbranched alkanes of at least 4 members (excludes halogenated alkanes) is 1. The molecule has 3 nitrogen and oxygen atoms in total. The lowest BCUT2D eigenvalue weighted by Crippen LogP contribution is -2.41. The predicted octanol–water partition coefficient (Wildman–Crippen LogP) is 2.21. The highest BCUT2D eigenvalue weighted by molar-refractivity contribution is 5.76. The molecule has 0 aromatic heterocycles. The van der Waals surface area contributed by atoms with E-state index in [1.807, 2.05) is 0 Å². The lowest BCUT2D eigenvalue weighted by Gasteiger charge is -2.23. The second-order valence-corrected chi connectivity index (χ2v) is 4.96. The van der Waals surface area contributed by atoms with Gasteiger partial charge in [0.1, 0.15) is 0 Å². The van der Waals surface area contributed by atoms with E-state index in [1.165, 1.54) is 25.7 Å². The molecule has 1 heterocycles. The fourth-order valence-electron chi connectivity index (χ4n) is 2.24. The predicted molar refractivity (Wildman–Crippen MR) is 67.4 cm³/mol. The molecule has 2 atom stereocenters. The average molecular weight is 226 g/mol. The van der Waals surface area contributed by atoms with Crippen LogP contribution in [-0.2, 0) is 4.79 Å². The zero-order valence-electron chi connectivity index (χ0n) is 10.7. The summed E-state index contributed by atoms with van der Waals surface area (Å²) in [6.45, 7) is 5.35. The first kappa shape index (κ1) is 13.5. The fourth-order valence-corrected chi connectivity index (χ4v) is 2.24. The summed E-state index contributed by atoms with van der Waals surface area (Å²) in [4.78, 5) is 11.7. The first-order valence-corrected chi connectivity index (χ1v) is 6.75. The van der Waals surface area contributed by atoms with Crippen LogP contribution < -0.4 is 10.6 Å². The summed E-state index contributed by atoms with van der Waals surface area (Å²) in [6.07, 6.45) is 7.81. The van der Waals surface area contributed by atoms with Crippen LogP contribution in [0.2, 0.25) is 0 Å². The molecule has 1 fully saturated rings. The summed E-state index contributed by atoms with van der Waals surface area (Å²) in [7, 11) is 0. The lowest BCUT2D eigenvalue weighted by atomic mass is 10.0. The Morgan fingerprint density at radius 2 is 2.31 bits per heavy atom. The SMILES string of the molecule is CCCCC(C)NC(=O)CC1CCCCN1. The number of rotatable bonds is 6. The minimum Gasteiger partial charge on any atom is -0.354 e. The van der Waals surface area contributed by atoms with Gasteiger partial charge < -0.3 is 10.6 Å². The Morgan fingerprint density at radius 3 is 2.94 bits per heavy atom. The number of carbonyl (C=O) groups is 1. The quantitative estimate of drug-likeness (QED) is 0.729. The third kappa shape index (κ3) is 5.50. The summed E-state index contributed by atoms with van der Waals surface area (Å²) >= 11 is 0. The van der Waals surface area contributed by atoms with Crippen molar-refractivity contribution >= 4 is 5.91 Å². The van der Waals surface area contributed by atoms with Crippen LogP contribution in [0.1, 0.15) is 58.8 Å². The highest BCUT2D eigenvalue weighted by Crippen LogP contribution is 2.10. The molecular weight excluding hydrogens is 200 g/mol. The van der Waals surface area contributed by atoms with E-state index in [-0.39, 0.29) is 5.91 Å². The molecule has 0 bridgehead atoms. The van der Waals surface area contributed by atoms with Crippen LogP contribution >= 0.6 is 0 Å². The van der Waals surface area contributed by atoms with E-state index < -0.39 is 0 Å². The summed E-state index contributed by atoms with van der Waals surface area (Å²) in [6, 6.07) is 0.739. The Balaban J connectivity index is 2.13. The molecular formula is C13H26N2O. The van der Waals surface area contributed by atoms with Crippen molar-refractivity contribution in [3.05, 3.63) is 0 Å². The van der Waals surface area contributed by atoms with Gasteiger partial charge >= 0.3 is 0 Å². The van der Waals surface area contributed by atoms with Gasteiger partial charge in [0.25, 0.3) is 0 Å². The maximum absolute atomic E-state index is 11.7. The summed E-state index contributed by atoms with van der Waals surface area (Å²) in [5.41, 5.74) is 0. The monoisotopic (exact) mass is 226 g/mol. The van der Waals surface area contributed by atoms with Crippen LogP contribution in [0.25, 0.3) is 0 Å². The van der Waals surface area contributed by atoms with Crippen molar-refractivity contribution < 1.29 is 4.79 Å². The highest BCUT2D eigenvalue weighted by atomic mass is 16.1. The van der Waals surface area contributed by atoms with Crippen molar-refractivity contribution in [1.29, 1.82) is 0 Å². The second kappa shape index (κ2) is 7.66. The topological polar surface area (TPSA) is 41.1 Å². The molecule has 2 unspecified atom stereocenters. The van der Waals surface area contributed by atoms with Crippen LogP contribution in [0.15, 0.2) is 0 Å². The number of hydrogen-bond acceptors (Lipinski definition) is 2. The largest absolute Gasteiger partial charge is 0.354 e. The second-order valence-electron chi connectivity index (χ2n) is 4.96. The molecule has 2 N–H and O–H groups in total. The maximum atomic E-state index is 11.7. The Labute approximate surface area is 99.4 Å². The molecule has 0 saturated carbocycles. The Kier molecular flexibility index (Phi) is 6.46. The smallest absolute Gasteiger partial charge is 0.221 e. The first-order valence-electron chi connectivity index (χ1n) is 6.75. The molecule has 0 aromatic carbocycles. The van der Waals surface area contributed by atoms with E-state index in [1.54, 1.807) is 0 Å². The maximum Gasteiger partial charge on any atom is 0.221 e. The number of amides is 1. The van der Waals surface area contributed by atoms with E-state index in [9.17, 15) is 4.79 Å². The first-order chi connectivity index (χ1) is 7.72. The van der Waals surface area contributed by atoms with Crippen molar-refractivity contribution in [3.8, 4) is 0 Å². The fraction of sp³-hybridized carbons (Fsp3) is 0.923. The highest BCUT2D eigenvalue weighted by Gasteiger charge is 2.17. The Bertz CT molecular complexity index is 200. The van der Waals surface area contributed by atoms with Gasteiger partial charge in [-0.1, -0.05) is 26.2 Å². The van der Waals surface area contributed by atoms with Crippen molar-refractivity contribution in [2.75, 3.05) is 6.54 Å². The van der Waals surface area contributed by atoms with Gasteiger partial charge in [0.05, 0.1) is 0 Å². The molecule has 0 radical (unpaired) electrons. The van der Waals surface area contributed by atoms with E-state index in [2.05, 4.69) is 24.5 Å². The van der Waals surface area contributed by atoms with E-state index in [0.29, 0.717) is 18.5 Å². The van der Waals surface area contributed by atoms with Crippen molar-refractivity contribution in [3.63, 3.8) is 0 Å². The van der Waals surface area contributed by atoms with Crippen LogP contribution in [0.3, 0.4) is 0 Å². The summed E-state index contributed by atoms with van der Waals surface area (Å²) < 4.78 is 0. The number of piperidine rings is 1. The third-order valence-electron chi connectivity index (χ3n) is 3.24. The van der Waals surface area contributed by atoms with Gasteiger partial charge in [-0.3, -0.25) is 4.79 Å². The molecule has 3 heteroatoms. The molecule has 1 aliphatic heterocycles. The van der Waals surface area contributed by atoms with Gasteiger partial charge in [-0.05, 0) is 32.7 Å². The van der Waals surface area contributed by atoms with Gasteiger partial charge in [0.15, 0.2) is 0 Å². The molecule has 94 valence electrons.